The standard InChI is InChI=1S/C15H17ClN6/c1-10-7-14(18-12-6-4-5-11(16)8-12)22-15(17-10)19-13(20-22)9-21(2)3/h4-8,18H,9H2,1-3H3. The molecule has 0 radical (unpaired) electrons. The maximum Gasteiger partial charge on any atom is 0.254 e. The number of rotatable bonds is 4. The highest BCUT2D eigenvalue weighted by Crippen LogP contribution is 2.21. The first kappa shape index (κ1) is 14.7. The maximum absolute atomic E-state index is 6.03. The second kappa shape index (κ2) is 5.90. The molecule has 7 heteroatoms. The lowest BCUT2D eigenvalue weighted by Gasteiger charge is -2.08. The Labute approximate surface area is 133 Å². The van der Waals surface area contributed by atoms with Crippen LogP contribution in [0.4, 0.5) is 11.5 Å². The van der Waals surface area contributed by atoms with Gasteiger partial charge in [0.1, 0.15) is 5.82 Å². The Kier molecular flexibility index (Phi) is 3.96. The van der Waals surface area contributed by atoms with E-state index < -0.39 is 0 Å². The molecule has 6 nitrogen and oxygen atoms in total. The Balaban J connectivity index is 2.02. The predicted molar refractivity (Wildman–Crippen MR) is 87.6 cm³/mol. The van der Waals surface area contributed by atoms with Crippen LogP contribution in [-0.2, 0) is 6.54 Å². The van der Waals surface area contributed by atoms with Crippen molar-refractivity contribution in [2.45, 2.75) is 13.5 Å². The summed E-state index contributed by atoms with van der Waals surface area (Å²) >= 11 is 6.03. The fourth-order valence-corrected chi connectivity index (χ4v) is 2.37. The fraction of sp³-hybridized carbons (Fsp3) is 0.267. The first-order chi connectivity index (χ1) is 10.5. The molecule has 0 saturated heterocycles. The van der Waals surface area contributed by atoms with Crippen LogP contribution < -0.4 is 5.32 Å². The predicted octanol–water partition coefficient (Wildman–Crippen LogP) is 2.89. The Bertz CT molecular complexity index is 811. The molecule has 0 fully saturated rings. The number of fused-ring (bicyclic) bond motifs is 1. The molecular formula is C15H17ClN6. The summed E-state index contributed by atoms with van der Waals surface area (Å²) in [5.41, 5.74) is 1.77. The van der Waals surface area contributed by atoms with Crippen LogP contribution in [0.1, 0.15) is 11.5 Å². The normalized spacial score (nSPS) is 11.3. The molecule has 2 aromatic heterocycles. The molecule has 0 amide bonds. The highest BCUT2D eigenvalue weighted by molar-refractivity contribution is 6.30. The number of aromatic nitrogens is 4. The van der Waals surface area contributed by atoms with Crippen LogP contribution in [0.15, 0.2) is 30.3 Å². The van der Waals surface area contributed by atoms with Crippen LogP contribution in [0, 0.1) is 6.92 Å². The number of halogens is 1. The minimum atomic E-state index is 0.585. The van der Waals surface area contributed by atoms with Crippen molar-refractivity contribution >= 4 is 28.9 Å². The van der Waals surface area contributed by atoms with Crippen LogP contribution in [0.2, 0.25) is 5.02 Å². The molecule has 1 N–H and O–H groups in total. The van der Waals surface area contributed by atoms with Gasteiger partial charge in [-0.25, -0.2) is 4.98 Å². The van der Waals surface area contributed by atoms with E-state index in [9.17, 15) is 0 Å². The van der Waals surface area contributed by atoms with E-state index in [2.05, 4.69) is 20.4 Å². The van der Waals surface area contributed by atoms with E-state index in [1.165, 1.54) is 0 Å². The molecule has 0 saturated carbocycles. The average Bonchev–Trinajstić information content (AvgIpc) is 2.80. The fourth-order valence-electron chi connectivity index (χ4n) is 2.18. The molecule has 0 aliphatic rings. The van der Waals surface area contributed by atoms with Crippen LogP contribution in [0.25, 0.3) is 5.78 Å². The van der Waals surface area contributed by atoms with E-state index in [-0.39, 0.29) is 0 Å². The van der Waals surface area contributed by atoms with Gasteiger partial charge in [-0.1, -0.05) is 17.7 Å². The van der Waals surface area contributed by atoms with Gasteiger partial charge in [-0.05, 0) is 39.2 Å². The van der Waals surface area contributed by atoms with Gasteiger partial charge >= 0.3 is 0 Å². The van der Waals surface area contributed by atoms with Gasteiger partial charge < -0.3 is 10.2 Å². The molecule has 2 heterocycles. The number of benzene rings is 1. The van der Waals surface area contributed by atoms with E-state index >= 15 is 0 Å². The molecule has 0 aliphatic heterocycles. The number of nitrogens with one attached hydrogen (secondary N) is 1. The molecule has 0 bridgehead atoms. The zero-order chi connectivity index (χ0) is 15.7. The molecular weight excluding hydrogens is 300 g/mol. The number of hydrogen-bond acceptors (Lipinski definition) is 5. The molecule has 22 heavy (non-hydrogen) atoms. The van der Waals surface area contributed by atoms with Gasteiger partial charge in [0.05, 0.1) is 6.54 Å². The number of aryl methyl sites for hydroxylation is 1. The maximum atomic E-state index is 6.03. The molecule has 0 unspecified atom stereocenters. The summed E-state index contributed by atoms with van der Waals surface area (Å²) in [6.45, 7) is 2.60. The Morgan fingerprint density at radius 2 is 2.05 bits per heavy atom. The zero-order valence-corrected chi connectivity index (χ0v) is 13.5. The summed E-state index contributed by atoms with van der Waals surface area (Å²) in [4.78, 5) is 10.9. The van der Waals surface area contributed by atoms with E-state index in [1.54, 1.807) is 4.52 Å². The lowest BCUT2D eigenvalue weighted by atomic mass is 10.3. The second-order valence-electron chi connectivity index (χ2n) is 5.40. The van der Waals surface area contributed by atoms with E-state index in [1.807, 2.05) is 56.3 Å². The lowest BCUT2D eigenvalue weighted by molar-refractivity contribution is 0.390. The SMILES string of the molecule is Cc1cc(Nc2cccc(Cl)c2)n2nc(CN(C)C)nc2n1. The van der Waals surface area contributed by atoms with Crippen molar-refractivity contribution in [1.82, 2.24) is 24.5 Å². The van der Waals surface area contributed by atoms with Gasteiger partial charge in [-0.2, -0.15) is 9.50 Å². The zero-order valence-electron chi connectivity index (χ0n) is 12.7. The van der Waals surface area contributed by atoms with Crippen molar-refractivity contribution in [1.29, 1.82) is 0 Å². The third kappa shape index (κ3) is 3.18. The molecule has 0 atom stereocenters. The average molecular weight is 317 g/mol. The molecule has 0 spiro atoms. The summed E-state index contributed by atoms with van der Waals surface area (Å²) in [6, 6.07) is 9.48. The first-order valence-corrected chi connectivity index (χ1v) is 7.30. The second-order valence-corrected chi connectivity index (χ2v) is 5.83. The number of anilines is 2. The third-order valence-electron chi connectivity index (χ3n) is 3.04. The van der Waals surface area contributed by atoms with Crippen molar-refractivity contribution < 1.29 is 0 Å². The van der Waals surface area contributed by atoms with Crippen LogP contribution in [0.5, 0.6) is 0 Å². The van der Waals surface area contributed by atoms with Crippen molar-refractivity contribution in [3.63, 3.8) is 0 Å². The van der Waals surface area contributed by atoms with E-state index in [0.717, 1.165) is 23.0 Å². The topological polar surface area (TPSA) is 58.4 Å². The third-order valence-corrected chi connectivity index (χ3v) is 3.27. The largest absolute Gasteiger partial charge is 0.340 e. The summed E-state index contributed by atoms with van der Waals surface area (Å²) in [5, 5.41) is 8.52. The summed E-state index contributed by atoms with van der Waals surface area (Å²) in [5.74, 6) is 2.13. The summed E-state index contributed by atoms with van der Waals surface area (Å²) in [6.07, 6.45) is 0. The highest BCUT2D eigenvalue weighted by atomic mass is 35.5. The van der Waals surface area contributed by atoms with E-state index in [0.29, 0.717) is 17.3 Å². The van der Waals surface area contributed by atoms with E-state index in [4.69, 9.17) is 11.6 Å². The van der Waals surface area contributed by atoms with Gasteiger partial charge in [0.15, 0.2) is 5.82 Å². The molecule has 1 aromatic carbocycles. The van der Waals surface area contributed by atoms with Gasteiger partial charge in [-0.3, -0.25) is 0 Å². The van der Waals surface area contributed by atoms with Crippen LogP contribution in [0.3, 0.4) is 0 Å². The minimum absolute atomic E-state index is 0.585. The van der Waals surface area contributed by atoms with Crippen molar-refractivity contribution in [2.75, 3.05) is 19.4 Å². The quantitative estimate of drug-likeness (QED) is 0.802. The monoisotopic (exact) mass is 316 g/mol. The minimum Gasteiger partial charge on any atom is -0.340 e. The number of nitrogens with zero attached hydrogens (tertiary/aromatic N) is 5. The van der Waals surface area contributed by atoms with Crippen LogP contribution in [-0.4, -0.2) is 38.6 Å². The molecule has 3 rings (SSSR count). The molecule has 3 aromatic rings. The van der Waals surface area contributed by atoms with Crippen molar-refractivity contribution in [3.8, 4) is 0 Å². The Morgan fingerprint density at radius 1 is 1.23 bits per heavy atom. The van der Waals surface area contributed by atoms with Gasteiger partial charge in [0, 0.05) is 22.5 Å². The molecule has 0 aliphatic carbocycles. The smallest absolute Gasteiger partial charge is 0.254 e. The van der Waals surface area contributed by atoms with Crippen molar-refractivity contribution in [2.24, 2.45) is 0 Å². The van der Waals surface area contributed by atoms with Gasteiger partial charge in [0.25, 0.3) is 5.78 Å². The lowest BCUT2D eigenvalue weighted by Crippen LogP contribution is -2.12. The highest BCUT2D eigenvalue weighted by Gasteiger charge is 2.11. The van der Waals surface area contributed by atoms with Gasteiger partial charge in [0.2, 0.25) is 0 Å². The van der Waals surface area contributed by atoms with Crippen molar-refractivity contribution in [3.05, 3.63) is 46.9 Å². The number of hydrogen-bond donors (Lipinski definition) is 1. The Hall–Kier alpha value is -2.18. The first-order valence-electron chi connectivity index (χ1n) is 6.92. The Morgan fingerprint density at radius 3 is 2.77 bits per heavy atom. The van der Waals surface area contributed by atoms with Crippen LogP contribution >= 0.6 is 11.6 Å². The molecule has 114 valence electrons. The summed E-state index contributed by atoms with van der Waals surface area (Å²) < 4.78 is 1.72. The summed E-state index contributed by atoms with van der Waals surface area (Å²) in [7, 11) is 3.96. The van der Waals surface area contributed by atoms with Gasteiger partial charge in [-0.15, -0.1) is 5.10 Å².